The second-order valence-electron chi connectivity index (χ2n) is 5.96. The van der Waals surface area contributed by atoms with Crippen molar-refractivity contribution in [3.8, 4) is 0 Å². The molecule has 0 radical (unpaired) electrons. The molecule has 102 valence electrons. The quantitative estimate of drug-likeness (QED) is 0.891. The predicted octanol–water partition coefficient (Wildman–Crippen LogP) is 2.63. The monoisotopic (exact) mass is 256 g/mol. The van der Waals surface area contributed by atoms with Crippen LogP contribution in [0.2, 0.25) is 0 Å². The van der Waals surface area contributed by atoms with Gasteiger partial charge in [0.15, 0.2) is 0 Å². The fourth-order valence-electron chi connectivity index (χ4n) is 3.86. The van der Waals surface area contributed by atoms with Gasteiger partial charge in [-0.15, -0.1) is 0 Å². The maximum atomic E-state index is 4.29. The van der Waals surface area contributed by atoms with Crippen LogP contribution < -0.4 is 5.32 Å². The third-order valence-electron chi connectivity index (χ3n) is 4.82. The normalized spacial score (nSPS) is 30.5. The lowest BCUT2D eigenvalue weighted by Crippen LogP contribution is -2.36. The second-order valence-corrected chi connectivity index (χ2v) is 5.96. The number of likely N-dealkylation sites (tertiary alicyclic amines) is 1. The number of fused-ring (bicyclic) bond motifs is 1. The first-order chi connectivity index (χ1) is 9.29. The van der Waals surface area contributed by atoms with Gasteiger partial charge in [-0.3, -0.25) is 4.90 Å². The number of nitrogens with one attached hydrogen (secondary N) is 1. The van der Waals surface area contributed by atoms with Gasteiger partial charge in [0.1, 0.15) is 0 Å². The molecule has 0 saturated carbocycles. The molecule has 0 spiro atoms. The van der Waals surface area contributed by atoms with Crippen LogP contribution in [0.1, 0.15) is 18.9 Å². The van der Waals surface area contributed by atoms with E-state index in [1.54, 1.807) is 0 Å². The number of hydrogen-bond acceptors (Lipinski definition) is 2. The fraction of sp³-hybridized carbons (Fsp3) is 0.529. The molecule has 2 heterocycles. The molecule has 1 N–H and O–H groups in total. The first kappa shape index (κ1) is 12.9. The van der Waals surface area contributed by atoms with Crippen molar-refractivity contribution in [3.05, 3.63) is 42.5 Å². The number of nitrogens with zero attached hydrogens (tertiary/aromatic N) is 1. The molecule has 2 aliphatic rings. The molecule has 2 aliphatic heterocycles. The Morgan fingerprint density at radius 1 is 1.32 bits per heavy atom. The molecular formula is C17H24N2. The smallest absolute Gasteiger partial charge is 0.0236 e. The summed E-state index contributed by atoms with van der Waals surface area (Å²) in [6, 6.07) is 11.3. The van der Waals surface area contributed by atoms with Crippen LogP contribution in [0.3, 0.4) is 0 Å². The van der Waals surface area contributed by atoms with Gasteiger partial charge in [0.25, 0.3) is 0 Å². The molecule has 3 unspecified atom stereocenters. The van der Waals surface area contributed by atoms with Crippen LogP contribution in [0.25, 0.3) is 5.57 Å². The van der Waals surface area contributed by atoms with Gasteiger partial charge in [0.05, 0.1) is 0 Å². The second kappa shape index (κ2) is 5.48. The maximum absolute atomic E-state index is 4.29. The van der Waals surface area contributed by atoms with Crippen molar-refractivity contribution in [1.82, 2.24) is 10.2 Å². The van der Waals surface area contributed by atoms with E-state index < -0.39 is 0 Å². The van der Waals surface area contributed by atoms with E-state index in [9.17, 15) is 0 Å². The molecule has 1 aromatic rings. The highest BCUT2D eigenvalue weighted by Crippen LogP contribution is 2.35. The summed E-state index contributed by atoms with van der Waals surface area (Å²) in [4.78, 5) is 2.66. The molecular weight excluding hydrogens is 232 g/mol. The highest BCUT2D eigenvalue weighted by atomic mass is 15.2. The molecule has 3 rings (SSSR count). The van der Waals surface area contributed by atoms with Gasteiger partial charge in [-0.05, 0) is 42.5 Å². The molecule has 2 heteroatoms. The Kier molecular flexibility index (Phi) is 3.72. The van der Waals surface area contributed by atoms with E-state index in [1.807, 2.05) is 0 Å². The molecule has 2 nitrogen and oxygen atoms in total. The van der Waals surface area contributed by atoms with Gasteiger partial charge in [-0.25, -0.2) is 0 Å². The Labute approximate surface area is 116 Å². The molecule has 19 heavy (non-hydrogen) atoms. The first-order valence-corrected chi connectivity index (χ1v) is 7.47. The lowest BCUT2D eigenvalue weighted by molar-refractivity contribution is 0.243. The standard InChI is InChI=1S/C17H24N2/c1-3-17-16-10-18-9-15(16)12-19(17)11-13(2)14-7-5-4-6-8-14/h4-8,15-18H,2-3,9-12H2,1H3. The van der Waals surface area contributed by atoms with Crippen molar-refractivity contribution in [2.24, 2.45) is 11.8 Å². The Balaban J connectivity index is 1.68. The van der Waals surface area contributed by atoms with E-state index in [-0.39, 0.29) is 0 Å². The van der Waals surface area contributed by atoms with Crippen LogP contribution in [0.4, 0.5) is 0 Å². The zero-order chi connectivity index (χ0) is 13.2. The van der Waals surface area contributed by atoms with Crippen LogP contribution >= 0.6 is 0 Å². The summed E-state index contributed by atoms with van der Waals surface area (Å²) in [6.45, 7) is 11.3. The summed E-state index contributed by atoms with van der Waals surface area (Å²) >= 11 is 0. The minimum atomic E-state index is 0.737. The summed E-state index contributed by atoms with van der Waals surface area (Å²) in [5.41, 5.74) is 2.54. The Morgan fingerprint density at radius 3 is 2.84 bits per heavy atom. The summed E-state index contributed by atoms with van der Waals surface area (Å²) < 4.78 is 0. The zero-order valence-corrected chi connectivity index (χ0v) is 11.8. The van der Waals surface area contributed by atoms with Crippen LogP contribution in [-0.4, -0.2) is 37.1 Å². The summed E-state index contributed by atoms with van der Waals surface area (Å²) in [5.74, 6) is 1.71. The van der Waals surface area contributed by atoms with E-state index in [2.05, 4.69) is 54.1 Å². The van der Waals surface area contributed by atoms with Gasteiger partial charge in [0.2, 0.25) is 0 Å². The first-order valence-electron chi connectivity index (χ1n) is 7.47. The van der Waals surface area contributed by atoms with E-state index >= 15 is 0 Å². The molecule has 0 amide bonds. The van der Waals surface area contributed by atoms with E-state index in [0.717, 1.165) is 24.4 Å². The van der Waals surface area contributed by atoms with Gasteiger partial charge >= 0.3 is 0 Å². The van der Waals surface area contributed by atoms with Crippen molar-refractivity contribution >= 4 is 5.57 Å². The minimum absolute atomic E-state index is 0.737. The minimum Gasteiger partial charge on any atom is -0.316 e. The van der Waals surface area contributed by atoms with Crippen LogP contribution in [0.5, 0.6) is 0 Å². The Hall–Kier alpha value is -1.12. The lowest BCUT2D eigenvalue weighted by Gasteiger charge is -2.27. The van der Waals surface area contributed by atoms with Gasteiger partial charge < -0.3 is 5.32 Å². The zero-order valence-electron chi connectivity index (χ0n) is 11.8. The summed E-state index contributed by atoms with van der Waals surface area (Å²) in [7, 11) is 0. The fourth-order valence-corrected chi connectivity index (χ4v) is 3.86. The van der Waals surface area contributed by atoms with Crippen molar-refractivity contribution in [2.45, 2.75) is 19.4 Å². The Morgan fingerprint density at radius 2 is 2.11 bits per heavy atom. The van der Waals surface area contributed by atoms with E-state index in [1.165, 1.54) is 37.2 Å². The Bertz CT molecular complexity index is 440. The predicted molar refractivity (Wildman–Crippen MR) is 81.0 cm³/mol. The van der Waals surface area contributed by atoms with E-state index in [0.29, 0.717) is 0 Å². The third-order valence-corrected chi connectivity index (χ3v) is 4.82. The third kappa shape index (κ3) is 2.47. The molecule has 3 atom stereocenters. The van der Waals surface area contributed by atoms with E-state index in [4.69, 9.17) is 0 Å². The molecule has 2 fully saturated rings. The van der Waals surface area contributed by atoms with Crippen LogP contribution in [0, 0.1) is 11.8 Å². The van der Waals surface area contributed by atoms with Gasteiger partial charge in [-0.1, -0.05) is 43.8 Å². The highest BCUT2D eigenvalue weighted by molar-refractivity contribution is 5.64. The number of rotatable bonds is 4. The topological polar surface area (TPSA) is 15.3 Å². The van der Waals surface area contributed by atoms with Crippen LogP contribution in [0.15, 0.2) is 36.9 Å². The number of hydrogen-bond donors (Lipinski definition) is 1. The molecule has 0 bridgehead atoms. The van der Waals surface area contributed by atoms with Crippen molar-refractivity contribution in [2.75, 3.05) is 26.2 Å². The maximum Gasteiger partial charge on any atom is 0.0236 e. The number of benzene rings is 1. The average Bonchev–Trinajstić information content (AvgIpc) is 3.00. The SMILES string of the molecule is C=C(CN1CC2CNCC2C1CC)c1ccccc1. The average molecular weight is 256 g/mol. The summed E-state index contributed by atoms with van der Waals surface area (Å²) in [6.07, 6.45) is 1.25. The van der Waals surface area contributed by atoms with Gasteiger partial charge in [0, 0.05) is 19.1 Å². The largest absolute Gasteiger partial charge is 0.316 e. The van der Waals surface area contributed by atoms with Crippen LogP contribution in [-0.2, 0) is 0 Å². The molecule has 2 saturated heterocycles. The molecule has 0 aliphatic carbocycles. The highest BCUT2D eigenvalue weighted by Gasteiger charge is 2.42. The summed E-state index contributed by atoms with van der Waals surface area (Å²) in [5, 5.41) is 3.55. The van der Waals surface area contributed by atoms with Crippen molar-refractivity contribution in [3.63, 3.8) is 0 Å². The molecule has 0 aromatic heterocycles. The lowest BCUT2D eigenvalue weighted by atomic mass is 9.93. The molecule has 1 aromatic carbocycles. The van der Waals surface area contributed by atoms with Crippen molar-refractivity contribution < 1.29 is 0 Å². The van der Waals surface area contributed by atoms with Crippen molar-refractivity contribution in [1.29, 1.82) is 0 Å². The van der Waals surface area contributed by atoms with Gasteiger partial charge in [-0.2, -0.15) is 0 Å².